The molecule has 3 N–H and O–H groups in total. The summed E-state index contributed by atoms with van der Waals surface area (Å²) in [4.78, 5) is 13.5. The first-order chi connectivity index (χ1) is 8.49. The van der Waals surface area contributed by atoms with Crippen molar-refractivity contribution in [2.75, 3.05) is 26.7 Å². The van der Waals surface area contributed by atoms with Crippen LogP contribution in [0.5, 0.6) is 0 Å². The SMILES string of the molecule is CC(C)OCCN(C)CCC(NC1CC1)C(N)=O. The first-order valence-corrected chi connectivity index (χ1v) is 6.84. The minimum absolute atomic E-state index is 0.189. The molecule has 0 saturated heterocycles. The number of carbonyl (C=O) groups excluding carboxylic acids is 1. The molecular weight excluding hydrogens is 230 g/mol. The lowest BCUT2D eigenvalue weighted by Gasteiger charge is -2.21. The molecule has 0 aromatic rings. The molecule has 0 aromatic heterocycles. The molecule has 0 radical (unpaired) electrons. The molecule has 0 heterocycles. The van der Waals surface area contributed by atoms with Crippen LogP contribution in [-0.4, -0.2) is 55.7 Å². The van der Waals surface area contributed by atoms with Crippen molar-refractivity contribution in [2.45, 2.75) is 51.3 Å². The summed E-state index contributed by atoms with van der Waals surface area (Å²) in [5.41, 5.74) is 5.39. The highest BCUT2D eigenvalue weighted by molar-refractivity contribution is 5.79. The van der Waals surface area contributed by atoms with Crippen LogP contribution in [0.1, 0.15) is 33.1 Å². The van der Waals surface area contributed by atoms with Crippen molar-refractivity contribution in [3.63, 3.8) is 0 Å². The van der Waals surface area contributed by atoms with E-state index in [9.17, 15) is 4.79 Å². The van der Waals surface area contributed by atoms with E-state index in [1.54, 1.807) is 0 Å². The smallest absolute Gasteiger partial charge is 0.234 e. The second-order valence-corrected chi connectivity index (χ2v) is 5.41. The Morgan fingerprint density at radius 1 is 1.44 bits per heavy atom. The van der Waals surface area contributed by atoms with Crippen LogP contribution in [-0.2, 0) is 9.53 Å². The molecule has 0 bridgehead atoms. The van der Waals surface area contributed by atoms with E-state index in [2.05, 4.69) is 10.2 Å². The van der Waals surface area contributed by atoms with E-state index in [0.717, 1.165) is 26.1 Å². The van der Waals surface area contributed by atoms with Crippen LogP contribution < -0.4 is 11.1 Å². The summed E-state index contributed by atoms with van der Waals surface area (Å²) in [6.07, 6.45) is 3.38. The molecule has 0 spiro atoms. The Labute approximate surface area is 110 Å². The van der Waals surface area contributed by atoms with Gasteiger partial charge in [-0.05, 0) is 46.7 Å². The van der Waals surface area contributed by atoms with Crippen LogP contribution in [0.15, 0.2) is 0 Å². The first kappa shape index (κ1) is 15.4. The number of hydrogen-bond acceptors (Lipinski definition) is 4. The second kappa shape index (κ2) is 7.71. The van der Waals surface area contributed by atoms with Crippen LogP contribution in [0.2, 0.25) is 0 Å². The summed E-state index contributed by atoms with van der Waals surface area (Å²) in [6.45, 7) is 6.53. The summed E-state index contributed by atoms with van der Waals surface area (Å²) >= 11 is 0. The van der Waals surface area contributed by atoms with Gasteiger partial charge in [-0.3, -0.25) is 4.79 Å². The molecule has 1 atom stereocenters. The quantitative estimate of drug-likeness (QED) is 0.592. The van der Waals surface area contributed by atoms with Gasteiger partial charge in [-0.1, -0.05) is 0 Å². The van der Waals surface area contributed by atoms with Gasteiger partial charge in [-0.25, -0.2) is 0 Å². The van der Waals surface area contributed by atoms with Crippen molar-refractivity contribution >= 4 is 5.91 Å². The first-order valence-electron chi connectivity index (χ1n) is 6.84. The van der Waals surface area contributed by atoms with Gasteiger partial charge in [0.1, 0.15) is 0 Å². The van der Waals surface area contributed by atoms with Crippen LogP contribution in [0.3, 0.4) is 0 Å². The Balaban J connectivity index is 2.13. The summed E-state index contributed by atoms with van der Waals surface area (Å²) in [5.74, 6) is -0.242. The van der Waals surface area contributed by atoms with E-state index < -0.39 is 0 Å². The topological polar surface area (TPSA) is 67.6 Å². The van der Waals surface area contributed by atoms with Crippen molar-refractivity contribution in [3.8, 4) is 0 Å². The van der Waals surface area contributed by atoms with E-state index in [4.69, 9.17) is 10.5 Å². The third kappa shape index (κ3) is 6.93. The second-order valence-electron chi connectivity index (χ2n) is 5.41. The molecule has 1 aliphatic carbocycles. The Morgan fingerprint density at radius 3 is 2.61 bits per heavy atom. The highest BCUT2D eigenvalue weighted by atomic mass is 16.5. The molecule has 18 heavy (non-hydrogen) atoms. The lowest BCUT2D eigenvalue weighted by Crippen LogP contribution is -2.44. The van der Waals surface area contributed by atoms with E-state index in [-0.39, 0.29) is 18.1 Å². The van der Waals surface area contributed by atoms with Gasteiger partial charge < -0.3 is 20.7 Å². The maximum Gasteiger partial charge on any atom is 0.234 e. The highest BCUT2D eigenvalue weighted by Crippen LogP contribution is 2.19. The third-order valence-corrected chi connectivity index (χ3v) is 3.08. The molecule has 106 valence electrons. The largest absolute Gasteiger partial charge is 0.377 e. The van der Waals surface area contributed by atoms with Gasteiger partial charge in [0.05, 0.1) is 18.8 Å². The predicted molar refractivity (Wildman–Crippen MR) is 72.3 cm³/mol. The van der Waals surface area contributed by atoms with Gasteiger partial charge in [-0.15, -0.1) is 0 Å². The molecule has 5 nitrogen and oxygen atoms in total. The normalized spacial score (nSPS) is 17.4. The maximum atomic E-state index is 11.3. The predicted octanol–water partition coefficient (Wildman–Crippen LogP) is 0.339. The van der Waals surface area contributed by atoms with Crippen molar-refractivity contribution < 1.29 is 9.53 Å². The molecule has 1 amide bonds. The van der Waals surface area contributed by atoms with Gasteiger partial charge in [0.15, 0.2) is 0 Å². The Morgan fingerprint density at radius 2 is 2.11 bits per heavy atom. The molecule has 1 unspecified atom stereocenters. The number of ether oxygens (including phenoxy) is 1. The summed E-state index contributed by atoms with van der Waals surface area (Å²) in [7, 11) is 2.04. The molecule has 1 saturated carbocycles. The van der Waals surface area contributed by atoms with Crippen molar-refractivity contribution in [2.24, 2.45) is 5.73 Å². The lowest BCUT2D eigenvalue weighted by atomic mass is 10.2. The molecule has 0 aromatic carbocycles. The zero-order valence-electron chi connectivity index (χ0n) is 11.8. The lowest BCUT2D eigenvalue weighted by molar-refractivity contribution is -0.120. The Bertz CT molecular complexity index is 255. The van der Waals surface area contributed by atoms with Crippen molar-refractivity contribution in [1.82, 2.24) is 10.2 Å². The highest BCUT2D eigenvalue weighted by Gasteiger charge is 2.27. The fourth-order valence-corrected chi connectivity index (χ4v) is 1.75. The van der Waals surface area contributed by atoms with Gasteiger partial charge in [0.2, 0.25) is 5.91 Å². The van der Waals surface area contributed by atoms with Gasteiger partial charge in [0, 0.05) is 12.6 Å². The number of likely N-dealkylation sites (N-methyl/N-ethyl adjacent to an activating group) is 1. The van der Waals surface area contributed by atoms with Gasteiger partial charge >= 0.3 is 0 Å². The molecule has 1 aliphatic rings. The van der Waals surface area contributed by atoms with Crippen LogP contribution in [0.4, 0.5) is 0 Å². The summed E-state index contributed by atoms with van der Waals surface area (Å²) < 4.78 is 5.49. The van der Waals surface area contributed by atoms with Crippen LogP contribution >= 0.6 is 0 Å². The van der Waals surface area contributed by atoms with E-state index >= 15 is 0 Å². The van der Waals surface area contributed by atoms with Gasteiger partial charge in [0.25, 0.3) is 0 Å². The zero-order chi connectivity index (χ0) is 13.5. The number of rotatable bonds is 10. The fraction of sp³-hybridized carbons (Fsp3) is 0.923. The average molecular weight is 257 g/mol. The minimum atomic E-state index is -0.242. The Hall–Kier alpha value is -0.650. The number of carbonyl (C=O) groups is 1. The van der Waals surface area contributed by atoms with Crippen LogP contribution in [0, 0.1) is 0 Å². The molecule has 5 heteroatoms. The fourth-order valence-electron chi connectivity index (χ4n) is 1.75. The summed E-state index contributed by atoms with van der Waals surface area (Å²) in [6, 6.07) is 0.322. The van der Waals surface area contributed by atoms with E-state index in [0.29, 0.717) is 6.04 Å². The molecular formula is C13H27N3O2. The number of hydrogen-bond donors (Lipinski definition) is 2. The van der Waals surface area contributed by atoms with Crippen LogP contribution in [0.25, 0.3) is 0 Å². The number of amides is 1. The number of nitrogens with two attached hydrogens (primary N) is 1. The third-order valence-electron chi connectivity index (χ3n) is 3.08. The monoisotopic (exact) mass is 257 g/mol. The van der Waals surface area contributed by atoms with Gasteiger partial charge in [-0.2, -0.15) is 0 Å². The van der Waals surface area contributed by atoms with E-state index in [1.165, 1.54) is 12.8 Å². The minimum Gasteiger partial charge on any atom is -0.377 e. The number of nitrogens with one attached hydrogen (secondary N) is 1. The molecule has 0 aliphatic heterocycles. The zero-order valence-corrected chi connectivity index (χ0v) is 11.8. The number of primary amides is 1. The number of nitrogens with zero attached hydrogens (tertiary/aromatic N) is 1. The molecule has 1 fully saturated rings. The summed E-state index contributed by atoms with van der Waals surface area (Å²) in [5, 5.41) is 3.29. The van der Waals surface area contributed by atoms with E-state index in [1.807, 2.05) is 20.9 Å². The average Bonchev–Trinajstić information content (AvgIpc) is 3.07. The standard InChI is InChI=1S/C13H27N3O2/c1-10(2)18-9-8-16(3)7-6-12(13(14)17)15-11-4-5-11/h10-12,15H,4-9H2,1-3H3,(H2,14,17). The molecule has 1 rings (SSSR count). The van der Waals surface area contributed by atoms with Crippen molar-refractivity contribution in [3.05, 3.63) is 0 Å². The maximum absolute atomic E-state index is 11.3. The Kier molecular flexibility index (Phi) is 6.60. The van der Waals surface area contributed by atoms with Crippen molar-refractivity contribution in [1.29, 1.82) is 0 Å².